The summed E-state index contributed by atoms with van der Waals surface area (Å²) in [6.45, 7) is 5.69. The lowest BCUT2D eigenvalue weighted by atomic mass is 10.0. The number of hydrogen-bond acceptors (Lipinski definition) is 9. The Morgan fingerprint density at radius 1 is 1.34 bits per heavy atom. The summed E-state index contributed by atoms with van der Waals surface area (Å²) in [6, 6.07) is -0.219. The normalized spacial score (nSPS) is 19.6. The SMILES string of the molecule is CCOC(=O)c1sc(N2CC[C@@H](NC(=O)c3[nH]c(C)c(Cl)c3Br)[C@@H](OC)C2)nc1-c1ncnn1CC1CC1. The molecule has 1 amide bonds. The van der Waals surface area contributed by atoms with Gasteiger partial charge in [0.15, 0.2) is 11.0 Å². The first-order chi connectivity index (χ1) is 18.3. The summed E-state index contributed by atoms with van der Waals surface area (Å²) in [6.07, 6.45) is 4.16. The van der Waals surface area contributed by atoms with E-state index in [1.165, 1.54) is 30.5 Å². The maximum atomic E-state index is 13.0. The summed E-state index contributed by atoms with van der Waals surface area (Å²) in [5.74, 6) is 0.466. The molecule has 14 heteroatoms. The predicted octanol–water partition coefficient (Wildman–Crippen LogP) is 4.06. The number of rotatable bonds is 9. The van der Waals surface area contributed by atoms with Crippen LogP contribution in [0.25, 0.3) is 11.5 Å². The van der Waals surface area contributed by atoms with E-state index < -0.39 is 5.97 Å². The summed E-state index contributed by atoms with van der Waals surface area (Å²) < 4.78 is 13.5. The van der Waals surface area contributed by atoms with Gasteiger partial charge >= 0.3 is 5.97 Å². The highest BCUT2D eigenvalue weighted by Gasteiger charge is 2.35. The predicted molar refractivity (Wildman–Crippen MR) is 147 cm³/mol. The van der Waals surface area contributed by atoms with E-state index in [0.717, 1.165) is 6.54 Å². The lowest BCUT2D eigenvalue weighted by Gasteiger charge is -2.37. The summed E-state index contributed by atoms with van der Waals surface area (Å²) in [7, 11) is 1.62. The Morgan fingerprint density at radius 2 is 2.13 bits per heavy atom. The van der Waals surface area contributed by atoms with Crippen LogP contribution in [0.1, 0.15) is 52.0 Å². The van der Waals surface area contributed by atoms with Crippen LogP contribution in [0.5, 0.6) is 0 Å². The number of halogens is 2. The highest BCUT2D eigenvalue weighted by atomic mass is 79.9. The molecule has 1 aliphatic heterocycles. The second kappa shape index (κ2) is 11.3. The third-order valence-corrected chi connectivity index (χ3v) is 9.35. The number of esters is 1. The molecule has 204 valence electrons. The number of H-pyrrole nitrogens is 1. The van der Waals surface area contributed by atoms with Gasteiger partial charge in [0.1, 0.15) is 22.6 Å². The van der Waals surface area contributed by atoms with Gasteiger partial charge in [-0.1, -0.05) is 22.9 Å². The van der Waals surface area contributed by atoms with Crippen LogP contribution in [0, 0.1) is 12.8 Å². The van der Waals surface area contributed by atoms with E-state index >= 15 is 0 Å². The van der Waals surface area contributed by atoms with E-state index in [2.05, 4.69) is 41.2 Å². The smallest absolute Gasteiger partial charge is 0.350 e. The van der Waals surface area contributed by atoms with E-state index in [4.69, 9.17) is 26.1 Å². The largest absolute Gasteiger partial charge is 0.462 e. The van der Waals surface area contributed by atoms with Crippen molar-refractivity contribution in [2.75, 3.05) is 31.7 Å². The fourth-order valence-electron chi connectivity index (χ4n) is 4.52. The number of piperidine rings is 1. The number of methoxy groups -OCH3 is 1. The minimum Gasteiger partial charge on any atom is -0.462 e. The van der Waals surface area contributed by atoms with Crippen molar-refractivity contribution in [3.05, 3.63) is 32.1 Å². The molecule has 5 rings (SSSR count). The Labute approximate surface area is 237 Å². The molecule has 4 heterocycles. The number of nitrogens with one attached hydrogen (secondary N) is 2. The van der Waals surface area contributed by atoms with Gasteiger partial charge in [-0.05, 0) is 55.0 Å². The van der Waals surface area contributed by atoms with Crippen molar-refractivity contribution in [2.45, 2.75) is 51.8 Å². The molecule has 1 saturated heterocycles. The highest BCUT2D eigenvalue weighted by Crippen LogP contribution is 2.36. The van der Waals surface area contributed by atoms with Gasteiger partial charge in [-0.15, -0.1) is 0 Å². The molecule has 0 unspecified atom stereocenters. The molecule has 11 nitrogen and oxygen atoms in total. The summed E-state index contributed by atoms with van der Waals surface area (Å²) in [4.78, 5) is 40.6. The van der Waals surface area contributed by atoms with Gasteiger partial charge in [0.05, 0.1) is 28.2 Å². The number of aromatic nitrogens is 5. The Kier molecular flexibility index (Phi) is 8.08. The van der Waals surface area contributed by atoms with Gasteiger partial charge in [0, 0.05) is 32.4 Å². The summed E-state index contributed by atoms with van der Waals surface area (Å²) in [5.41, 5.74) is 1.57. The second-order valence-corrected chi connectivity index (χ2v) is 11.6. The maximum absolute atomic E-state index is 13.0. The van der Waals surface area contributed by atoms with Crippen LogP contribution < -0.4 is 10.2 Å². The molecule has 2 atom stereocenters. The number of anilines is 1. The van der Waals surface area contributed by atoms with E-state index in [-0.39, 0.29) is 24.7 Å². The lowest BCUT2D eigenvalue weighted by Crippen LogP contribution is -2.55. The molecular formula is C24H29BrClN7O4S. The van der Waals surface area contributed by atoms with Crippen molar-refractivity contribution in [2.24, 2.45) is 5.92 Å². The van der Waals surface area contributed by atoms with Crippen molar-refractivity contribution >= 4 is 55.9 Å². The minimum atomic E-state index is -0.428. The zero-order chi connectivity index (χ0) is 27.0. The van der Waals surface area contributed by atoms with E-state index in [0.29, 0.717) is 67.8 Å². The topological polar surface area (TPSA) is 127 Å². The summed E-state index contributed by atoms with van der Waals surface area (Å²) in [5, 5.41) is 8.60. The van der Waals surface area contributed by atoms with Crippen molar-refractivity contribution in [1.29, 1.82) is 0 Å². The minimum absolute atomic E-state index is 0.219. The van der Waals surface area contributed by atoms with Crippen molar-refractivity contribution in [3.8, 4) is 11.5 Å². The molecule has 2 fully saturated rings. The average molecular weight is 627 g/mol. The first-order valence-corrected chi connectivity index (χ1v) is 14.5. The molecule has 0 bridgehead atoms. The van der Waals surface area contributed by atoms with Crippen LogP contribution in [0.15, 0.2) is 10.8 Å². The van der Waals surface area contributed by atoms with E-state index in [1.54, 1.807) is 14.0 Å². The maximum Gasteiger partial charge on any atom is 0.350 e. The Balaban J connectivity index is 1.35. The zero-order valence-corrected chi connectivity index (χ0v) is 24.5. The second-order valence-electron chi connectivity index (χ2n) is 9.45. The molecular weight excluding hydrogens is 598 g/mol. The molecule has 2 N–H and O–H groups in total. The number of aryl methyl sites for hydroxylation is 1. The zero-order valence-electron chi connectivity index (χ0n) is 21.3. The van der Waals surface area contributed by atoms with Crippen LogP contribution in [0.4, 0.5) is 5.13 Å². The number of aromatic amines is 1. The Bertz CT molecular complexity index is 1340. The Hall–Kier alpha value is -2.48. The van der Waals surface area contributed by atoms with Gasteiger partial charge in [0.2, 0.25) is 0 Å². The van der Waals surface area contributed by atoms with Crippen LogP contribution in [-0.2, 0) is 16.0 Å². The number of hydrogen-bond donors (Lipinski definition) is 2. The van der Waals surface area contributed by atoms with Crippen LogP contribution in [-0.4, -0.2) is 75.6 Å². The molecule has 0 radical (unpaired) electrons. The van der Waals surface area contributed by atoms with Crippen molar-refractivity contribution < 1.29 is 19.1 Å². The van der Waals surface area contributed by atoms with Crippen LogP contribution >= 0.6 is 38.9 Å². The molecule has 0 spiro atoms. The number of nitrogens with zero attached hydrogens (tertiary/aromatic N) is 5. The monoisotopic (exact) mass is 625 g/mol. The molecule has 3 aromatic heterocycles. The molecule has 38 heavy (non-hydrogen) atoms. The number of amides is 1. The highest BCUT2D eigenvalue weighted by molar-refractivity contribution is 9.10. The van der Waals surface area contributed by atoms with Crippen LogP contribution in [0.3, 0.4) is 0 Å². The molecule has 1 aliphatic carbocycles. The molecule has 3 aromatic rings. The molecule has 2 aliphatic rings. The van der Waals surface area contributed by atoms with E-state index in [1.807, 2.05) is 11.6 Å². The van der Waals surface area contributed by atoms with Gasteiger partial charge < -0.3 is 24.7 Å². The van der Waals surface area contributed by atoms with Crippen molar-refractivity contribution in [1.82, 2.24) is 30.0 Å². The first-order valence-electron chi connectivity index (χ1n) is 12.5. The molecule has 1 saturated carbocycles. The quantitative estimate of drug-likeness (QED) is 0.341. The standard InChI is InChI=1S/C24H29BrClN7O4S/c1-4-37-23(35)20-19(21-27-11-28-33(21)9-13-5-6-13)31-24(38-20)32-8-7-14(15(10-32)36-3)30-22(34)18-16(25)17(26)12(2)29-18/h11,13-15,29H,4-10H2,1-3H3,(H,30,34)/t14-,15+/m1/s1. The molecule has 0 aromatic carbocycles. The average Bonchev–Trinajstić information content (AvgIpc) is 3.31. The van der Waals surface area contributed by atoms with Gasteiger partial charge in [0.25, 0.3) is 5.91 Å². The van der Waals surface area contributed by atoms with Crippen molar-refractivity contribution in [3.63, 3.8) is 0 Å². The number of thiazole rings is 1. The van der Waals surface area contributed by atoms with Gasteiger partial charge in [-0.25, -0.2) is 19.4 Å². The number of carbonyl (C=O) groups is 2. The first kappa shape index (κ1) is 27.1. The number of ether oxygens (including phenoxy) is 2. The van der Waals surface area contributed by atoms with Gasteiger partial charge in [-0.2, -0.15) is 5.10 Å². The van der Waals surface area contributed by atoms with Gasteiger partial charge in [-0.3, -0.25) is 4.79 Å². The summed E-state index contributed by atoms with van der Waals surface area (Å²) >= 11 is 10.9. The third-order valence-electron chi connectivity index (χ3n) is 6.76. The fourth-order valence-corrected chi connectivity index (χ4v) is 6.23. The lowest BCUT2D eigenvalue weighted by molar-refractivity contribution is 0.0531. The fraction of sp³-hybridized carbons (Fsp3) is 0.542. The Morgan fingerprint density at radius 3 is 2.79 bits per heavy atom. The third kappa shape index (κ3) is 5.47. The number of carbonyl (C=O) groups excluding carboxylic acids is 2. The van der Waals surface area contributed by atoms with Crippen LogP contribution in [0.2, 0.25) is 5.02 Å². The van der Waals surface area contributed by atoms with E-state index in [9.17, 15) is 9.59 Å².